The van der Waals surface area contributed by atoms with Crippen molar-refractivity contribution in [3.63, 3.8) is 0 Å². The van der Waals surface area contributed by atoms with Gasteiger partial charge in [0.1, 0.15) is 46.9 Å². The van der Waals surface area contributed by atoms with E-state index in [1.165, 1.54) is 40.6 Å². The molecular formula is C44H70N8O17. The molecule has 2 fully saturated rings. The number of carboxylic acid groups (broad SMARTS) is 1. The quantitative estimate of drug-likeness (QED) is 0.0550. The minimum absolute atomic E-state index is 0.00316. The highest BCUT2D eigenvalue weighted by Crippen LogP contribution is 2.30. The molecule has 4 heterocycles. The van der Waals surface area contributed by atoms with E-state index in [2.05, 4.69) is 41.4 Å². The first-order chi connectivity index (χ1) is 32.3. The molecule has 2 aromatic heterocycles. The van der Waals surface area contributed by atoms with Crippen LogP contribution >= 0.6 is 0 Å². The third kappa shape index (κ3) is 20.0. The van der Waals surface area contributed by atoms with Crippen LogP contribution in [-0.4, -0.2) is 178 Å². The largest absolute Gasteiger partial charge is 0.476 e. The lowest BCUT2D eigenvalue weighted by Gasteiger charge is -2.26. The number of carboxylic acids is 1. The average Bonchev–Trinajstić information content (AvgIpc) is 4.11. The maximum atomic E-state index is 13.0. The van der Waals surface area contributed by atoms with Crippen LogP contribution in [0.5, 0.6) is 0 Å². The summed E-state index contributed by atoms with van der Waals surface area (Å²) in [4.78, 5) is 98.5. The highest BCUT2D eigenvalue weighted by Gasteiger charge is 2.51. The zero-order valence-corrected chi connectivity index (χ0v) is 41.4. The van der Waals surface area contributed by atoms with Crippen molar-refractivity contribution in [1.29, 1.82) is 0 Å². The molecule has 8 N–H and O–H groups in total. The number of carbonyl (C=O) groups is 8. The number of aryl methyl sites for hydroxylation is 2. The lowest BCUT2D eigenvalue weighted by molar-refractivity contribution is -0.134. The number of epoxide rings is 2. The van der Waals surface area contributed by atoms with Gasteiger partial charge in [0, 0.05) is 40.6 Å². The number of carbonyl (C=O) groups excluding carboxylic acids is 7. The maximum absolute atomic E-state index is 13.0. The summed E-state index contributed by atoms with van der Waals surface area (Å²) >= 11 is 0. The number of rotatable bonds is 27. The van der Waals surface area contributed by atoms with Crippen LogP contribution < -0.4 is 32.3 Å². The fourth-order valence-corrected chi connectivity index (χ4v) is 6.22. The van der Waals surface area contributed by atoms with Crippen molar-refractivity contribution in [2.24, 2.45) is 17.6 Å². The molecule has 0 aromatic carbocycles. The number of amides is 5. The lowest BCUT2D eigenvalue weighted by atomic mass is 9.93. The number of nitrogens with zero attached hydrogens (tertiary/aromatic N) is 2. The van der Waals surface area contributed by atoms with Gasteiger partial charge in [-0.2, -0.15) is 0 Å². The summed E-state index contributed by atoms with van der Waals surface area (Å²) in [5.74, 6) is -3.12. The van der Waals surface area contributed by atoms with Gasteiger partial charge >= 0.3 is 5.97 Å². The number of Topliss-reactive ketones (excluding diaryl/α,β-unsaturated/α-hetero) is 2. The van der Waals surface area contributed by atoms with Crippen molar-refractivity contribution in [2.45, 2.75) is 116 Å². The van der Waals surface area contributed by atoms with Crippen LogP contribution in [0, 0.1) is 25.7 Å². The van der Waals surface area contributed by atoms with Gasteiger partial charge in [0.05, 0.1) is 51.7 Å². The number of aromatic carboxylic acids is 1. The molecule has 4 rings (SSSR count). The molecule has 2 aromatic rings. The van der Waals surface area contributed by atoms with Gasteiger partial charge in [-0.15, -0.1) is 0 Å². The standard InChI is InChI=1S/C22H34N4O8.C17H31N3O6.C5H5NO3/c1-12(2)7-14(18(27)22(4)11-33-22)23-20(29)16(9-31-5)25-21(30)17(10-32-6)24-19(28)15-8-13(3)34-26-15;1-10(2)6-12(14(21)17(3)9-26-17)19-16(23)13(8-25-5)20-15(22)11(18)7-24-4;1-3-2-4(5(7)8)6-9-3/h8,12,14,16-17H,7,9-11H2,1-6H3,(H,23,29)(H,24,28)(H,25,30);10-13H,6-9,18H2,1-5H3,(H,19,23)(H,20,22);2H,1H3,(H,7,8)/t14-,16-,17-,22+;11-,12-,13-,17+;/m00./s1. The third-order valence-electron chi connectivity index (χ3n) is 10.2. The molecule has 2 aliphatic rings. The maximum Gasteiger partial charge on any atom is 0.358 e. The first-order valence-corrected chi connectivity index (χ1v) is 22.0. The monoisotopic (exact) mass is 982 g/mol. The number of hydrogen-bond donors (Lipinski definition) is 7. The number of hydrogen-bond acceptors (Lipinski definition) is 19. The van der Waals surface area contributed by atoms with E-state index in [0.717, 1.165) is 0 Å². The molecule has 388 valence electrons. The summed E-state index contributed by atoms with van der Waals surface area (Å²) in [7, 11) is 5.59. The van der Waals surface area contributed by atoms with Crippen LogP contribution in [0.25, 0.3) is 0 Å². The zero-order valence-electron chi connectivity index (χ0n) is 41.4. The Balaban J connectivity index is 0.000000409. The van der Waals surface area contributed by atoms with Crippen LogP contribution in [-0.2, 0) is 57.2 Å². The number of ether oxygens (including phenoxy) is 6. The van der Waals surface area contributed by atoms with Gasteiger partial charge in [-0.25, -0.2) is 4.79 Å². The van der Waals surface area contributed by atoms with E-state index in [9.17, 15) is 38.4 Å². The minimum atomic E-state index is -1.12. The van der Waals surface area contributed by atoms with Gasteiger partial charge in [0.15, 0.2) is 23.0 Å². The molecular weight excluding hydrogens is 913 g/mol. The molecule has 2 aliphatic heterocycles. The molecule has 0 bridgehead atoms. The van der Waals surface area contributed by atoms with Crippen LogP contribution in [0.15, 0.2) is 21.2 Å². The summed E-state index contributed by atoms with van der Waals surface area (Å²) in [5, 5.41) is 28.2. The van der Waals surface area contributed by atoms with Crippen LogP contribution in [0.1, 0.15) is 86.9 Å². The number of nitrogens with one attached hydrogen (secondary N) is 5. The van der Waals surface area contributed by atoms with Crippen molar-refractivity contribution in [3.8, 4) is 0 Å². The van der Waals surface area contributed by atoms with E-state index in [-0.39, 0.29) is 61.2 Å². The number of aromatic nitrogens is 2. The molecule has 25 heteroatoms. The Hall–Kier alpha value is -5.70. The Morgan fingerprint density at radius 1 is 0.594 bits per heavy atom. The SMILES string of the molecule is COC[C@H](NC(=O)[C@@H](N)COC)C(=O)N[C@@H](CC(C)C)C(=O)[C@@]1(C)CO1.COC[C@H](NC(=O)c1cc(C)on1)C(=O)N[C@@H](COC)C(=O)N[C@@H](CC(C)C)C(=O)[C@@]1(C)CO1.Cc1cc(C(=O)O)no1. The minimum Gasteiger partial charge on any atom is -0.476 e. The number of ketones is 2. The molecule has 0 spiro atoms. The summed E-state index contributed by atoms with van der Waals surface area (Å²) < 4.78 is 39.8. The van der Waals surface area contributed by atoms with Crippen molar-refractivity contribution < 1.29 is 80.9 Å². The predicted octanol–water partition coefficient (Wildman–Crippen LogP) is -0.591. The molecule has 8 atom stereocenters. The summed E-state index contributed by atoms with van der Waals surface area (Å²) in [6, 6.07) is -2.78. The number of methoxy groups -OCH3 is 4. The summed E-state index contributed by atoms with van der Waals surface area (Å²) in [6.45, 7) is 14.8. The van der Waals surface area contributed by atoms with E-state index in [1.807, 2.05) is 27.7 Å². The van der Waals surface area contributed by atoms with E-state index in [0.29, 0.717) is 37.6 Å². The summed E-state index contributed by atoms with van der Waals surface area (Å²) in [6.07, 6.45) is 0.886. The predicted molar refractivity (Wildman–Crippen MR) is 242 cm³/mol. The zero-order chi connectivity index (χ0) is 52.2. The second-order valence-electron chi connectivity index (χ2n) is 17.7. The van der Waals surface area contributed by atoms with Gasteiger partial charge in [-0.05, 0) is 52.4 Å². The molecule has 0 unspecified atom stereocenters. The Morgan fingerprint density at radius 2 is 0.928 bits per heavy atom. The van der Waals surface area contributed by atoms with Gasteiger partial charge in [-0.1, -0.05) is 38.0 Å². The van der Waals surface area contributed by atoms with E-state index in [1.54, 1.807) is 27.7 Å². The fraction of sp³-hybridized carbons (Fsp3) is 0.682. The highest BCUT2D eigenvalue weighted by atomic mass is 16.6. The second-order valence-corrected chi connectivity index (χ2v) is 17.7. The molecule has 0 aliphatic carbocycles. The average molecular weight is 983 g/mol. The van der Waals surface area contributed by atoms with Gasteiger partial charge in [0.25, 0.3) is 5.91 Å². The molecule has 5 amide bonds. The van der Waals surface area contributed by atoms with Crippen LogP contribution in [0.3, 0.4) is 0 Å². The van der Waals surface area contributed by atoms with Gasteiger partial charge in [0.2, 0.25) is 23.6 Å². The molecule has 0 saturated carbocycles. The molecule has 2 saturated heterocycles. The first kappa shape index (κ1) is 59.4. The van der Waals surface area contributed by atoms with Crippen molar-refractivity contribution in [3.05, 3.63) is 35.0 Å². The topological polar surface area (TPSA) is 357 Å². The Morgan fingerprint density at radius 3 is 1.22 bits per heavy atom. The Labute approximate surface area is 400 Å². The van der Waals surface area contributed by atoms with Crippen LogP contribution in [0.2, 0.25) is 0 Å². The second kappa shape index (κ2) is 28.1. The smallest absolute Gasteiger partial charge is 0.358 e. The van der Waals surface area contributed by atoms with Crippen molar-refractivity contribution >= 4 is 47.1 Å². The normalized spacial score (nSPS) is 19.4. The van der Waals surface area contributed by atoms with Gasteiger partial charge in [-0.3, -0.25) is 33.6 Å². The molecule has 25 nitrogen and oxygen atoms in total. The van der Waals surface area contributed by atoms with E-state index >= 15 is 0 Å². The first-order valence-electron chi connectivity index (χ1n) is 22.0. The Bertz CT molecular complexity index is 2030. The number of nitrogens with two attached hydrogens (primary N) is 1. The van der Waals surface area contributed by atoms with Crippen molar-refractivity contribution in [1.82, 2.24) is 36.9 Å². The fourth-order valence-electron chi connectivity index (χ4n) is 6.22. The highest BCUT2D eigenvalue weighted by molar-refractivity contribution is 6.00. The lowest BCUT2D eigenvalue weighted by Crippen LogP contribution is -2.58. The van der Waals surface area contributed by atoms with E-state index < -0.39 is 83.0 Å². The molecule has 69 heavy (non-hydrogen) atoms. The van der Waals surface area contributed by atoms with E-state index in [4.69, 9.17) is 43.8 Å². The summed E-state index contributed by atoms with van der Waals surface area (Å²) in [5.41, 5.74) is 3.89. The van der Waals surface area contributed by atoms with Crippen LogP contribution in [0.4, 0.5) is 0 Å². The molecule has 0 radical (unpaired) electrons. The Kier molecular flexibility index (Phi) is 24.2. The van der Waals surface area contributed by atoms with Gasteiger partial charge < -0.3 is 74.9 Å². The third-order valence-corrected chi connectivity index (χ3v) is 10.2. The van der Waals surface area contributed by atoms with Crippen molar-refractivity contribution in [2.75, 3.05) is 68.1 Å².